The van der Waals surface area contributed by atoms with Crippen molar-refractivity contribution in [2.45, 2.75) is 46.7 Å². The van der Waals surface area contributed by atoms with E-state index < -0.39 is 0 Å². The zero-order valence-corrected chi connectivity index (χ0v) is 14.2. The first-order valence-electron chi connectivity index (χ1n) is 6.69. The zero-order valence-electron chi connectivity index (χ0n) is 12.7. The number of nitrogens with one attached hydrogen (secondary N) is 1. The van der Waals surface area contributed by atoms with Gasteiger partial charge in [0.15, 0.2) is 0 Å². The van der Waals surface area contributed by atoms with Crippen LogP contribution in [0.3, 0.4) is 0 Å². The molecule has 0 saturated carbocycles. The number of nitrogens with zero attached hydrogens (tertiary/aromatic N) is 3. The Kier molecular flexibility index (Phi) is 4.30. The van der Waals surface area contributed by atoms with E-state index in [2.05, 4.69) is 78.3 Å². The van der Waals surface area contributed by atoms with Crippen LogP contribution in [0.1, 0.15) is 37.6 Å². The lowest BCUT2D eigenvalue weighted by Gasteiger charge is -2.19. The molecule has 4 nitrogen and oxygen atoms in total. The van der Waals surface area contributed by atoms with Gasteiger partial charge in [-0.15, -0.1) is 5.10 Å². The molecule has 0 atom stereocenters. The molecule has 108 valence electrons. The normalized spacial score (nSPS) is 11.9. The number of halogens is 1. The SMILES string of the molecule is Cc1cc(C)c(-n2cc(CNC(C)(C)C)nn2)c(Br)c1. The van der Waals surface area contributed by atoms with E-state index in [4.69, 9.17) is 0 Å². The third-order valence-corrected chi connectivity index (χ3v) is 3.57. The first-order chi connectivity index (χ1) is 9.26. The van der Waals surface area contributed by atoms with Gasteiger partial charge in [0.2, 0.25) is 0 Å². The van der Waals surface area contributed by atoms with Gasteiger partial charge < -0.3 is 5.32 Å². The number of aromatic nitrogens is 3. The van der Waals surface area contributed by atoms with E-state index >= 15 is 0 Å². The molecule has 2 aromatic rings. The Balaban J connectivity index is 2.25. The van der Waals surface area contributed by atoms with Crippen molar-refractivity contribution in [1.29, 1.82) is 0 Å². The number of hydrogen-bond donors (Lipinski definition) is 1. The minimum absolute atomic E-state index is 0.0736. The van der Waals surface area contributed by atoms with Crippen molar-refractivity contribution in [3.63, 3.8) is 0 Å². The first kappa shape index (κ1) is 15.2. The van der Waals surface area contributed by atoms with Gasteiger partial charge in [-0.1, -0.05) is 11.3 Å². The third kappa shape index (κ3) is 3.67. The minimum Gasteiger partial charge on any atom is -0.306 e. The van der Waals surface area contributed by atoms with Gasteiger partial charge in [-0.2, -0.15) is 0 Å². The quantitative estimate of drug-likeness (QED) is 0.932. The molecule has 1 aromatic carbocycles. The standard InChI is InChI=1S/C15H21BrN4/c1-10-6-11(2)14(13(16)7-10)20-9-12(18-19-20)8-17-15(3,4)5/h6-7,9,17H,8H2,1-5H3. The largest absolute Gasteiger partial charge is 0.306 e. The van der Waals surface area contributed by atoms with Crippen molar-refractivity contribution < 1.29 is 0 Å². The van der Waals surface area contributed by atoms with Crippen molar-refractivity contribution in [1.82, 2.24) is 20.3 Å². The van der Waals surface area contributed by atoms with Crippen LogP contribution < -0.4 is 5.32 Å². The van der Waals surface area contributed by atoms with E-state index in [1.54, 1.807) is 0 Å². The van der Waals surface area contributed by atoms with E-state index in [9.17, 15) is 0 Å². The van der Waals surface area contributed by atoms with Gasteiger partial charge in [-0.05, 0) is 67.7 Å². The smallest absolute Gasteiger partial charge is 0.0969 e. The van der Waals surface area contributed by atoms with E-state index in [0.29, 0.717) is 6.54 Å². The number of rotatable bonds is 3. The summed E-state index contributed by atoms with van der Waals surface area (Å²) in [5.41, 5.74) is 4.46. The van der Waals surface area contributed by atoms with E-state index in [1.807, 2.05) is 10.9 Å². The summed E-state index contributed by atoms with van der Waals surface area (Å²) in [5, 5.41) is 11.9. The highest BCUT2D eigenvalue weighted by atomic mass is 79.9. The molecule has 0 aliphatic rings. The maximum atomic E-state index is 4.24. The van der Waals surface area contributed by atoms with Crippen LogP contribution in [-0.2, 0) is 6.54 Å². The fraction of sp³-hybridized carbons (Fsp3) is 0.467. The molecule has 0 spiro atoms. The fourth-order valence-corrected chi connectivity index (χ4v) is 2.90. The predicted octanol–water partition coefficient (Wildman–Crippen LogP) is 3.53. The van der Waals surface area contributed by atoms with Gasteiger partial charge >= 0.3 is 0 Å². The maximum Gasteiger partial charge on any atom is 0.0969 e. The molecule has 2 rings (SSSR count). The van der Waals surface area contributed by atoms with Crippen LogP contribution in [0.25, 0.3) is 5.69 Å². The summed E-state index contributed by atoms with van der Waals surface area (Å²) < 4.78 is 2.87. The van der Waals surface area contributed by atoms with Gasteiger partial charge in [0, 0.05) is 16.6 Å². The van der Waals surface area contributed by atoms with Gasteiger partial charge in [0.25, 0.3) is 0 Å². The average Bonchev–Trinajstić information content (AvgIpc) is 2.72. The Hall–Kier alpha value is -1.20. The highest BCUT2D eigenvalue weighted by Gasteiger charge is 2.12. The Bertz CT molecular complexity index is 588. The average molecular weight is 337 g/mol. The molecule has 0 aliphatic carbocycles. The summed E-state index contributed by atoms with van der Waals surface area (Å²) in [6.45, 7) is 11.3. The molecular formula is C15H21BrN4. The summed E-state index contributed by atoms with van der Waals surface area (Å²) in [6, 6.07) is 4.24. The Morgan fingerprint density at radius 2 is 1.95 bits per heavy atom. The van der Waals surface area contributed by atoms with Gasteiger partial charge in [0.05, 0.1) is 17.6 Å². The van der Waals surface area contributed by atoms with Crippen LogP contribution in [0.5, 0.6) is 0 Å². The summed E-state index contributed by atoms with van der Waals surface area (Å²) in [5.74, 6) is 0. The summed E-state index contributed by atoms with van der Waals surface area (Å²) in [6.07, 6.45) is 1.97. The first-order valence-corrected chi connectivity index (χ1v) is 7.49. The number of aryl methyl sites for hydroxylation is 2. The summed E-state index contributed by atoms with van der Waals surface area (Å²) in [7, 11) is 0. The highest BCUT2D eigenvalue weighted by Crippen LogP contribution is 2.25. The summed E-state index contributed by atoms with van der Waals surface area (Å²) in [4.78, 5) is 0. The molecule has 1 N–H and O–H groups in total. The molecule has 0 unspecified atom stereocenters. The second kappa shape index (κ2) is 5.66. The van der Waals surface area contributed by atoms with Crippen LogP contribution in [0, 0.1) is 13.8 Å². The maximum absolute atomic E-state index is 4.24. The van der Waals surface area contributed by atoms with Crippen LogP contribution in [-0.4, -0.2) is 20.5 Å². The van der Waals surface area contributed by atoms with Gasteiger partial charge in [-0.25, -0.2) is 4.68 Å². The topological polar surface area (TPSA) is 42.7 Å². The Morgan fingerprint density at radius 3 is 2.55 bits per heavy atom. The zero-order chi connectivity index (χ0) is 14.9. The monoisotopic (exact) mass is 336 g/mol. The minimum atomic E-state index is 0.0736. The van der Waals surface area contributed by atoms with Gasteiger partial charge in [-0.3, -0.25) is 0 Å². The lowest BCUT2D eigenvalue weighted by Crippen LogP contribution is -2.35. The fourth-order valence-electron chi connectivity index (χ4n) is 2.04. The Morgan fingerprint density at radius 1 is 1.25 bits per heavy atom. The lowest BCUT2D eigenvalue weighted by atomic mass is 10.1. The van der Waals surface area contributed by atoms with E-state index in [0.717, 1.165) is 15.9 Å². The second-order valence-electron chi connectivity index (χ2n) is 6.17. The predicted molar refractivity (Wildman–Crippen MR) is 85.1 cm³/mol. The van der Waals surface area contributed by atoms with Crippen LogP contribution in [0.4, 0.5) is 0 Å². The molecule has 0 amide bonds. The van der Waals surface area contributed by atoms with Crippen LogP contribution in [0.2, 0.25) is 0 Å². The van der Waals surface area contributed by atoms with E-state index in [-0.39, 0.29) is 5.54 Å². The van der Waals surface area contributed by atoms with Crippen molar-refractivity contribution in [2.75, 3.05) is 0 Å². The van der Waals surface area contributed by atoms with Crippen molar-refractivity contribution in [3.05, 3.63) is 39.6 Å². The van der Waals surface area contributed by atoms with Crippen molar-refractivity contribution >= 4 is 15.9 Å². The van der Waals surface area contributed by atoms with Crippen molar-refractivity contribution in [2.24, 2.45) is 0 Å². The highest BCUT2D eigenvalue weighted by molar-refractivity contribution is 9.10. The molecule has 0 saturated heterocycles. The Labute approximate surface area is 128 Å². The van der Waals surface area contributed by atoms with Crippen LogP contribution >= 0.6 is 15.9 Å². The molecular weight excluding hydrogens is 316 g/mol. The second-order valence-corrected chi connectivity index (χ2v) is 7.02. The molecule has 20 heavy (non-hydrogen) atoms. The lowest BCUT2D eigenvalue weighted by molar-refractivity contribution is 0.421. The molecule has 0 bridgehead atoms. The molecule has 1 heterocycles. The van der Waals surface area contributed by atoms with Gasteiger partial charge in [0.1, 0.15) is 0 Å². The molecule has 5 heteroatoms. The number of hydrogen-bond acceptors (Lipinski definition) is 3. The third-order valence-electron chi connectivity index (χ3n) is 2.97. The molecule has 1 aromatic heterocycles. The molecule has 0 radical (unpaired) electrons. The number of benzene rings is 1. The van der Waals surface area contributed by atoms with Crippen molar-refractivity contribution in [3.8, 4) is 5.69 Å². The molecule has 0 aliphatic heterocycles. The summed E-state index contributed by atoms with van der Waals surface area (Å²) >= 11 is 3.61. The van der Waals surface area contributed by atoms with Crippen LogP contribution in [0.15, 0.2) is 22.8 Å². The molecule has 0 fully saturated rings. The van der Waals surface area contributed by atoms with E-state index in [1.165, 1.54) is 11.1 Å².